The zero-order chi connectivity index (χ0) is 17.8. The zero-order valence-electron chi connectivity index (χ0n) is 15.2. The molecule has 0 N–H and O–H groups in total. The van der Waals surface area contributed by atoms with E-state index in [0.717, 1.165) is 37.6 Å². The number of rotatable bonds is 5. The number of hydrogen-bond donors (Lipinski definition) is 0. The van der Waals surface area contributed by atoms with Crippen LogP contribution in [-0.4, -0.2) is 71.4 Å². The summed E-state index contributed by atoms with van der Waals surface area (Å²) in [4.78, 5) is 17.1. The minimum Gasteiger partial charge on any atom is -0.383 e. The Balaban J connectivity index is 1.67. The van der Waals surface area contributed by atoms with Gasteiger partial charge in [-0.1, -0.05) is 18.2 Å². The van der Waals surface area contributed by atoms with Gasteiger partial charge in [0.2, 0.25) is 0 Å². The summed E-state index contributed by atoms with van der Waals surface area (Å²) in [6.45, 7) is 8.04. The molecule has 0 spiro atoms. The number of carbonyl (C=O) groups excluding carboxylic acids is 1. The average molecular weight is 342 g/mol. The van der Waals surface area contributed by atoms with Gasteiger partial charge in [-0.2, -0.15) is 5.10 Å². The number of carbonyl (C=O) groups is 1. The van der Waals surface area contributed by atoms with Gasteiger partial charge in [-0.05, 0) is 32.0 Å². The van der Waals surface area contributed by atoms with Gasteiger partial charge in [-0.25, -0.2) is 4.68 Å². The summed E-state index contributed by atoms with van der Waals surface area (Å²) in [7, 11) is 1.72. The molecule has 6 heteroatoms. The Morgan fingerprint density at radius 2 is 1.88 bits per heavy atom. The van der Waals surface area contributed by atoms with Gasteiger partial charge in [0, 0.05) is 45.0 Å². The van der Waals surface area contributed by atoms with E-state index in [1.54, 1.807) is 7.11 Å². The Labute approximate surface area is 149 Å². The molecule has 1 atom stereocenters. The molecule has 1 aromatic carbocycles. The van der Waals surface area contributed by atoms with Crippen molar-refractivity contribution in [1.82, 2.24) is 19.6 Å². The Hall–Kier alpha value is -2.18. The first-order chi connectivity index (χ1) is 12.1. The van der Waals surface area contributed by atoms with Crippen LogP contribution >= 0.6 is 0 Å². The summed E-state index contributed by atoms with van der Waals surface area (Å²) >= 11 is 0. The molecule has 1 fully saturated rings. The summed E-state index contributed by atoms with van der Waals surface area (Å²) in [5, 5.41) is 4.53. The van der Waals surface area contributed by atoms with Crippen molar-refractivity contribution in [3.05, 3.63) is 47.8 Å². The van der Waals surface area contributed by atoms with Crippen molar-refractivity contribution >= 4 is 5.91 Å². The molecule has 0 aliphatic carbocycles. The van der Waals surface area contributed by atoms with E-state index in [4.69, 9.17) is 4.74 Å². The molecule has 1 aromatic heterocycles. The van der Waals surface area contributed by atoms with E-state index in [2.05, 4.69) is 16.9 Å². The predicted molar refractivity (Wildman–Crippen MR) is 97.1 cm³/mol. The smallest absolute Gasteiger partial charge is 0.274 e. The predicted octanol–water partition coefficient (Wildman–Crippen LogP) is 1.97. The number of methoxy groups -OCH3 is 1. The number of piperazine rings is 1. The van der Waals surface area contributed by atoms with Gasteiger partial charge < -0.3 is 9.64 Å². The SMILES string of the molecule is COC[C@@H](C)N1CCN(C(=O)c2cc(C)n(-c3ccccc3)n2)CC1. The maximum Gasteiger partial charge on any atom is 0.274 e. The Kier molecular flexibility index (Phi) is 5.50. The fourth-order valence-electron chi connectivity index (χ4n) is 3.28. The van der Waals surface area contributed by atoms with Crippen LogP contribution in [0.3, 0.4) is 0 Å². The molecule has 1 amide bonds. The van der Waals surface area contributed by atoms with E-state index in [1.807, 2.05) is 52.9 Å². The monoisotopic (exact) mass is 342 g/mol. The maximum absolute atomic E-state index is 12.8. The third-order valence-corrected chi connectivity index (χ3v) is 4.74. The number of benzene rings is 1. The average Bonchev–Trinajstić information content (AvgIpc) is 3.04. The highest BCUT2D eigenvalue weighted by molar-refractivity contribution is 5.92. The molecule has 1 aliphatic heterocycles. The molecule has 25 heavy (non-hydrogen) atoms. The topological polar surface area (TPSA) is 50.6 Å². The molecule has 3 rings (SSSR count). The van der Waals surface area contributed by atoms with Crippen molar-refractivity contribution in [2.45, 2.75) is 19.9 Å². The first-order valence-electron chi connectivity index (χ1n) is 8.74. The largest absolute Gasteiger partial charge is 0.383 e. The zero-order valence-corrected chi connectivity index (χ0v) is 15.2. The highest BCUT2D eigenvalue weighted by Gasteiger charge is 2.26. The molecule has 0 saturated carbocycles. The van der Waals surface area contributed by atoms with E-state index < -0.39 is 0 Å². The van der Waals surface area contributed by atoms with Crippen LogP contribution in [-0.2, 0) is 4.74 Å². The lowest BCUT2D eigenvalue weighted by Crippen LogP contribution is -2.52. The molecule has 1 aliphatic rings. The fraction of sp³-hybridized carbons (Fsp3) is 0.474. The van der Waals surface area contributed by atoms with Crippen LogP contribution in [0.4, 0.5) is 0 Å². The third-order valence-electron chi connectivity index (χ3n) is 4.74. The van der Waals surface area contributed by atoms with Crippen molar-refractivity contribution < 1.29 is 9.53 Å². The number of ether oxygens (including phenoxy) is 1. The first kappa shape index (κ1) is 17.6. The number of hydrogen-bond acceptors (Lipinski definition) is 4. The van der Waals surface area contributed by atoms with Crippen molar-refractivity contribution in [2.75, 3.05) is 39.9 Å². The number of para-hydroxylation sites is 1. The number of aryl methyl sites for hydroxylation is 1. The molecule has 0 unspecified atom stereocenters. The number of nitrogens with zero attached hydrogens (tertiary/aromatic N) is 4. The summed E-state index contributed by atoms with van der Waals surface area (Å²) in [6, 6.07) is 12.1. The molecule has 134 valence electrons. The normalized spacial score (nSPS) is 16.8. The van der Waals surface area contributed by atoms with E-state index in [0.29, 0.717) is 18.3 Å². The number of aromatic nitrogens is 2. The van der Waals surface area contributed by atoms with Crippen LogP contribution < -0.4 is 0 Å². The molecular formula is C19H26N4O2. The van der Waals surface area contributed by atoms with Crippen molar-refractivity contribution in [1.29, 1.82) is 0 Å². The second-order valence-electron chi connectivity index (χ2n) is 6.55. The van der Waals surface area contributed by atoms with Crippen LogP contribution in [0.25, 0.3) is 5.69 Å². The summed E-state index contributed by atoms with van der Waals surface area (Å²) in [5.74, 6) is 0.0109. The highest BCUT2D eigenvalue weighted by atomic mass is 16.5. The van der Waals surface area contributed by atoms with Gasteiger partial charge in [0.15, 0.2) is 5.69 Å². The van der Waals surface area contributed by atoms with Gasteiger partial charge in [-0.15, -0.1) is 0 Å². The summed E-state index contributed by atoms with van der Waals surface area (Å²) < 4.78 is 7.05. The van der Waals surface area contributed by atoms with Crippen LogP contribution in [0.5, 0.6) is 0 Å². The minimum absolute atomic E-state index is 0.0109. The van der Waals surface area contributed by atoms with Crippen molar-refractivity contribution in [3.63, 3.8) is 0 Å². The Bertz CT molecular complexity index is 705. The lowest BCUT2D eigenvalue weighted by atomic mass is 10.2. The molecule has 2 aromatic rings. The van der Waals surface area contributed by atoms with Crippen LogP contribution in [0, 0.1) is 6.92 Å². The van der Waals surface area contributed by atoms with Gasteiger partial charge in [-0.3, -0.25) is 9.69 Å². The van der Waals surface area contributed by atoms with Gasteiger partial charge >= 0.3 is 0 Å². The molecular weight excluding hydrogens is 316 g/mol. The summed E-state index contributed by atoms with van der Waals surface area (Å²) in [5.41, 5.74) is 2.44. The molecule has 0 bridgehead atoms. The minimum atomic E-state index is 0.0109. The quantitative estimate of drug-likeness (QED) is 0.834. The maximum atomic E-state index is 12.8. The number of amides is 1. The van der Waals surface area contributed by atoms with Crippen LogP contribution in [0.1, 0.15) is 23.1 Å². The molecule has 6 nitrogen and oxygen atoms in total. The van der Waals surface area contributed by atoms with Gasteiger partial charge in [0.25, 0.3) is 5.91 Å². The highest BCUT2D eigenvalue weighted by Crippen LogP contribution is 2.15. The van der Waals surface area contributed by atoms with E-state index >= 15 is 0 Å². The summed E-state index contributed by atoms with van der Waals surface area (Å²) in [6.07, 6.45) is 0. The van der Waals surface area contributed by atoms with Crippen molar-refractivity contribution in [2.24, 2.45) is 0 Å². The second-order valence-corrected chi connectivity index (χ2v) is 6.55. The van der Waals surface area contributed by atoms with E-state index in [1.165, 1.54) is 0 Å². The van der Waals surface area contributed by atoms with E-state index in [9.17, 15) is 4.79 Å². The van der Waals surface area contributed by atoms with Crippen LogP contribution in [0.15, 0.2) is 36.4 Å². The third kappa shape index (κ3) is 3.91. The fourth-order valence-corrected chi connectivity index (χ4v) is 3.28. The first-order valence-corrected chi connectivity index (χ1v) is 8.74. The van der Waals surface area contributed by atoms with Crippen molar-refractivity contribution in [3.8, 4) is 5.69 Å². The van der Waals surface area contributed by atoms with Gasteiger partial charge in [0.1, 0.15) is 0 Å². The molecule has 1 saturated heterocycles. The Morgan fingerprint density at radius 1 is 1.20 bits per heavy atom. The standard InChI is InChI=1S/C19H26N4O2/c1-15-13-18(20-23(15)17-7-5-4-6-8-17)19(24)22-11-9-21(10-12-22)16(2)14-25-3/h4-8,13,16H,9-12,14H2,1-3H3/t16-/m1/s1. The lowest BCUT2D eigenvalue weighted by Gasteiger charge is -2.37. The van der Waals surface area contributed by atoms with Crippen LogP contribution in [0.2, 0.25) is 0 Å². The molecule has 0 radical (unpaired) electrons. The molecule has 2 heterocycles. The van der Waals surface area contributed by atoms with E-state index in [-0.39, 0.29) is 5.91 Å². The lowest BCUT2D eigenvalue weighted by molar-refractivity contribution is 0.0445. The van der Waals surface area contributed by atoms with Gasteiger partial charge in [0.05, 0.1) is 12.3 Å². The Morgan fingerprint density at radius 3 is 2.52 bits per heavy atom. The second kappa shape index (κ2) is 7.80.